The Morgan fingerprint density at radius 3 is 2.58 bits per heavy atom. The van der Waals surface area contributed by atoms with Gasteiger partial charge in [-0.3, -0.25) is 4.79 Å². The molecule has 1 unspecified atom stereocenters. The number of aromatic nitrogens is 1. The minimum atomic E-state index is -0.923. The summed E-state index contributed by atoms with van der Waals surface area (Å²) in [6, 6.07) is 9.26. The molecule has 0 radical (unpaired) electrons. The predicted molar refractivity (Wildman–Crippen MR) is 91.7 cm³/mol. The molecule has 1 atom stereocenters. The van der Waals surface area contributed by atoms with Crippen LogP contribution in [0.25, 0.3) is 5.69 Å². The summed E-state index contributed by atoms with van der Waals surface area (Å²) in [4.78, 5) is 25.8. The Morgan fingerprint density at radius 1 is 1.17 bits per heavy atom. The van der Waals surface area contributed by atoms with Gasteiger partial charge in [0.1, 0.15) is 6.04 Å². The van der Waals surface area contributed by atoms with E-state index in [0.717, 1.165) is 29.1 Å². The normalized spacial score (nSPS) is 17.3. The summed E-state index contributed by atoms with van der Waals surface area (Å²) in [6.07, 6.45) is 1.26. The van der Waals surface area contributed by atoms with Crippen molar-refractivity contribution in [2.24, 2.45) is 0 Å². The number of carbonyl (C=O) groups is 2. The Morgan fingerprint density at radius 2 is 1.92 bits per heavy atom. The molecule has 2 heterocycles. The van der Waals surface area contributed by atoms with Gasteiger partial charge >= 0.3 is 5.97 Å². The van der Waals surface area contributed by atoms with Crippen molar-refractivity contribution in [3.05, 3.63) is 52.8 Å². The Labute approximate surface area is 141 Å². The van der Waals surface area contributed by atoms with Gasteiger partial charge in [0.2, 0.25) is 0 Å². The molecule has 1 amide bonds. The van der Waals surface area contributed by atoms with Gasteiger partial charge in [0.25, 0.3) is 5.91 Å². The molecule has 1 aliphatic rings. The standard InChI is InChI=1S/C19H22N2O3/c1-12-6-4-7-15(10-12)21-13(2)11-16(14(21)3)18(22)20-9-5-8-17(20)19(23)24/h4,6-7,10-11,17H,5,8-9H2,1-3H3,(H,23,24). The van der Waals surface area contributed by atoms with Crippen LogP contribution in [0.4, 0.5) is 0 Å². The molecule has 1 aromatic heterocycles. The molecule has 0 spiro atoms. The third-order valence-electron chi connectivity index (χ3n) is 4.72. The van der Waals surface area contributed by atoms with E-state index in [1.165, 1.54) is 4.90 Å². The maximum atomic E-state index is 12.9. The summed E-state index contributed by atoms with van der Waals surface area (Å²) in [7, 11) is 0. The van der Waals surface area contributed by atoms with Gasteiger partial charge < -0.3 is 14.6 Å². The molecular weight excluding hydrogens is 304 g/mol. The van der Waals surface area contributed by atoms with Gasteiger partial charge in [-0.05, 0) is 57.4 Å². The van der Waals surface area contributed by atoms with Crippen molar-refractivity contribution < 1.29 is 14.7 Å². The Balaban J connectivity index is 2.00. The van der Waals surface area contributed by atoms with E-state index in [4.69, 9.17) is 0 Å². The second kappa shape index (κ2) is 6.15. The van der Waals surface area contributed by atoms with Crippen LogP contribution in [0.5, 0.6) is 0 Å². The molecule has 0 saturated carbocycles. The number of hydrogen-bond donors (Lipinski definition) is 1. The molecule has 5 nitrogen and oxygen atoms in total. The van der Waals surface area contributed by atoms with Gasteiger partial charge in [-0.2, -0.15) is 0 Å². The minimum absolute atomic E-state index is 0.188. The van der Waals surface area contributed by atoms with E-state index >= 15 is 0 Å². The molecule has 1 aromatic carbocycles. The van der Waals surface area contributed by atoms with Crippen molar-refractivity contribution in [2.45, 2.75) is 39.7 Å². The lowest BCUT2D eigenvalue weighted by atomic mass is 10.1. The van der Waals surface area contributed by atoms with Crippen LogP contribution in [0.3, 0.4) is 0 Å². The summed E-state index contributed by atoms with van der Waals surface area (Å²) < 4.78 is 2.05. The first kappa shape index (κ1) is 16.3. The van der Waals surface area contributed by atoms with Crippen LogP contribution in [0.2, 0.25) is 0 Å². The molecular formula is C19H22N2O3. The number of aryl methyl sites for hydroxylation is 2. The molecule has 1 N–H and O–H groups in total. The fourth-order valence-corrected chi connectivity index (χ4v) is 3.56. The number of amides is 1. The van der Waals surface area contributed by atoms with E-state index in [1.807, 2.05) is 49.6 Å². The first-order valence-electron chi connectivity index (χ1n) is 8.20. The van der Waals surface area contributed by atoms with E-state index in [-0.39, 0.29) is 5.91 Å². The summed E-state index contributed by atoms with van der Waals surface area (Å²) >= 11 is 0. The van der Waals surface area contributed by atoms with Crippen LogP contribution in [0.1, 0.15) is 40.2 Å². The fraction of sp³-hybridized carbons (Fsp3) is 0.368. The summed E-state index contributed by atoms with van der Waals surface area (Å²) in [5, 5.41) is 9.32. The lowest BCUT2D eigenvalue weighted by Crippen LogP contribution is -2.40. The molecule has 126 valence electrons. The van der Waals surface area contributed by atoms with Gasteiger partial charge in [-0.1, -0.05) is 12.1 Å². The first-order chi connectivity index (χ1) is 11.4. The zero-order valence-electron chi connectivity index (χ0n) is 14.2. The van der Waals surface area contributed by atoms with Crippen LogP contribution < -0.4 is 0 Å². The van der Waals surface area contributed by atoms with Gasteiger partial charge in [-0.25, -0.2) is 4.79 Å². The van der Waals surface area contributed by atoms with Gasteiger partial charge in [0.05, 0.1) is 5.56 Å². The first-order valence-corrected chi connectivity index (χ1v) is 8.20. The van der Waals surface area contributed by atoms with Gasteiger partial charge in [0, 0.05) is 23.6 Å². The molecule has 1 aliphatic heterocycles. The predicted octanol–water partition coefficient (Wildman–Crippen LogP) is 3.09. The SMILES string of the molecule is Cc1cccc(-n2c(C)cc(C(=O)N3CCCC3C(=O)O)c2C)c1. The van der Waals surface area contributed by atoms with E-state index in [0.29, 0.717) is 18.5 Å². The highest BCUT2D eigenvalue weighted by molar-refractivity contribution is 5.98. The largest absolute Gasteiger partial charge is 0.480 e. The number of rotatable bonds is 3. The third kappa shape index (κ3) is 2.70. The second-order valence-electron chi connectivity index (χ2n) is 6.45. The van der Waals surface area contributed by atoms with Crippen LogP contribution in [0, 0.1) is 20.8 Å². The fourth-order valence-electron chi connectivity index (χ4n) is 3.56. The monoisotopic (exact) mass is 326 g/mol. The Bertz CT molecular complexity index is 807. The summed E-state index contributed by atoms with van der Waals surface area (Å²) in [5.41, 5.74) is 4.56. The number of likely N-dealkylation sites (tertiary alicyclic amines) is 1. The summed E-state index contributed by atoms with van der Waals surface area (Å²) in [6.45, 7) is 6.41. The van der Waals surface area contributed by atoms with E-state index in [1.54, 1.807) is 0 Å². The molecule has 24 heavy (non-hydrogen) atoms. The number of aliphatic carboxylic acids is 1. The molecule has 5 heteroatoms. The van der Waals surface area contributed by atoms with Gasteiger partial charge in [0.15, 0.2) is 0 Å². The molecule has 0 bridgehead atoms. The topological polar surface area (TPSA) is 62.5 Å². The molecule has 1 fully saturated rings. The van der Waals surface area contributed by atoms with Crippen molar-refractivity contribution in [2.75, 3.05) is 6.54 Å². The number of carboxylic acid groups (broad SMARTS) is 1. The molecule has 1 saturated heterocycles. The number of nitrogens with zero attached hydrogens (tertiary/aromatic N) is 2. The lowest BCUT2D eigenvalue weighted by molar-refractivity contribution is -0.141. The van der Waals surface area contributed by atoms with Crippen LogP contribution in [-0.4, -0.2) is 39.0 Å². The minimum Gasteiger partial charge on any atom is -0.480 e. The maximum absolute atomic E-state index is 12.9. The molecule has 0 aliphatic carbocycles. The smallest absolute Gasteiger partial charge is 0.326 e. The van der Waals surface area contributed by atoms with E-state index < -0.39 is 12.0 Å². The Hall–Kier alpha value is -2.56. The Kier molecular flexibility index (Phi) is 4.18. The van der Waals surface area contributed by atoms with Crippen molar-refractivity contribution in [3.63, 3.8) is 0 Å². The van der Waals surface area contributed by atoms with E-state index in [2.05, 4.69) is 6.07 Å². The zero-order valence-corrected chi connectivity index (χ0v) is 14.2. The van der Waals surface area contributed by atoms with Crippen molar-refractivity contribution in [3.8, 4) is 5.69 Å². The second-order valence-corrected chi connectivity index (χ2v) is 6.45. The highest BCUT2D eigenvalue weighted by Gasteiger charge is 2.35. The quantitative estimate of drug-likeness (QED) is 0.943. The number of carboxylic acids is 1. The van der Waals surface area contributed by atoms with Crippen molar-refractivity contribution in [1.29, 1.82) is 0 Å². The zero-order chi connectivity index (χ0) is 17.4. The van der Waals surface area contributed by atoms with Crippen molar-refractivity contribution in [1.82, 2.24) is 9.47 Å². The number of benzene rings is 1. The highest BCUT2D eigenvalue weighted by atomic mass is 16.4. The number of hydrogen-bond acceptors (Lipinski definition) is 2. The van der Waals surface area contributed by atoms with Crippen LogP contribution >= 0.6 is 0 Å². The molecule has 2 aromatic rings. The average molecular weight is 326 g/mol. The van der Waals surface area contributed by atoms with E-state index in [9.17, 15) is 14.7 Å². The lowest BCUT2D eigenvalue weighted by Gasteiger charge is -2.21. The average Bonchev–Trinajstić information content (AvgIpc) is 3.11. The maximum Gasteiger partial charge on any atom is 0.326 e. The van der Waals surface area contributed by atoms with Crippen LogP contribution in [-0.2, 0) is 4.79 Å². The van der Waals surface area contributed by atoms with Crippen LogP contribution in [0.15, 0.2) is 30.3 Å². The third-order valence-corrected chi connectivity index (χ3v) is 4.72. The van der Waals surface area contributed by atoms with Gasteiger partial charge in [-0.15, -0.1) is 0 Å². The molecule has 3 rings (SSSR count). The highest BCUT2D eigenvalue weighted by Crippen LogP contribution is 2.26. The summed E-state index contributed by atoms with van der Waals surface area (Å²) in [5.74, 6) is -1.11. The number of carbonyl (C=O) groups excluding carboxylic acids is 1. The van der Waals surface area contributed by atoms with Crippen molar-refractivity contribution >= 4 is 11.9 Å².